The summed E-state index contributed by atoms with van der Waals surface area (Å²) in [5, 5.41) is 0. The van der Waals surface area contributed by atoms with E-state index in [1.54, 1.807) is 6.92 Å². The van der Waals surface area contributed by atoms with Gasteiger partial charge in [-0.3, -0.25) is 9.69 Å². The number of benzene rings is 2. The van der Waals surface area contributed by atoms with Crippen molar-refractivity contribution in [3.8, 4) is 0 Å². The Morgan fingerprint density at radius 2 is 1.52 bits per heavy atom. The number of ether oxygens (including phenoxy) is 1. The van der Waals surface area contributed by atoms with E-state index >= 15 is 0 Å². The normalized spacial score (nSPS) is 26.8. The van der Waals surface area contributed by atoms with Crippen LogP contribution < -0.4 is 0 Å². The Labute approximate surface area is 136 Å². The van der Waals surface area contributed by atoms with Crippen LogP contribution in [-0.2, 0) is 9.53 Å². The van der Waals surface area contributed by atoms with Crippen LogP contribution in [0.5, 0.6) is 0 Å². The Balaban J connectivity index is 1.72. The summed E-state index contributed by atoms with van der Waals surface area (Å²) in [5.74, 6) is 0.748. The van der Waals surface area contributed by atoms with E-state index in [0.717, 1.165) is 13.2 Å². The number of carbonyl (C=O) groups excluding carboxylic acids is 1. The molecule has 0 saturated carbocycles. The van der Waals surface area contributed by atoms with Crippen molar-refractivity contribution in [2.75, 3.05) is 13.2 Å². The maximum Gasteiger partial charge on any atom is 0.148 e. The Hall–Kier alpha value is -1.97. The van der Waals surface area contributed by atoms with Crippen molar-refractivity contribution in [2.24, 2.45) is 5.92 Å². The summed E-state index contributed by atoms with van der Waals surface area (Å²) in [7, 11) is 0. The average Bonchev–Trinajstić information content (AvgIpc) is 3.23. The molecule has 118 valence electrons. The fraction of sp³-hybridized carbons (Fsp3) is 0.350. The fourth-order valence-electron chi connectivity index (χ4n) is 3.81. The number of ketones is 1. The van der Waals surface area contributed by atoms with Crippen LogP contribution in [0.2, 0.25) is 0 Å². The highest BCUT2D eigenvalue weighted by atomic mass is 16.5. The lowest BCUT2D eigenvalue weighted by molar-refractivity contribution is -0.117. The van der Waals surface area contributed by atoms with Crippen molar-refractivity contribution in [3.05, 3.63) is 71.8 Å². The Morgan fingerprint density at radius 1 is 1.00 bits per heavy atom. The van der Waals surface area contributed by atoms with Crippen molar-refractivity contribution < 1.29 is 9.53 Å². The van der Waals surface area contributed by atoms with Crippen LogP contribution in [0.3, 0.4) is 0 Å². The molecule has 23 heavy (non-hydrogen) atoms. The largest absolute Gasteiger partial charge is 0.381 e. The smallest absolute Gasteiger partial charge is 0.148 e. The molecular weight excluding hydrogens is 286 g/mol. The van der Waals surface area contributed by atoms with Crippen molar-refractivity contribution in [1.29, 1.82) is 0 Å². The van der Waals surface area contributed by atoms with Crippen LogP contribution in [0.1, 0.15) is 24.1 Å². The average molecular weight is 307 g/mol. The van der Waals surface area contributed by atoms with E-state index < -0.39 is 0 Å². The van der Waals surface area contributed by atoms with Gasteiger partial charge >= 0.3 is 0 Å². The van der Waals surface area contributed by atoms with Crippen molar-refractivity contribution in [3.63, 3.8) is 0 Å². The Morgan fingerprint density at radius 3 is 1.91 bits per heavy atom. The summed E-state index contributed by atoms with van der Waals surface area (Å²) < 4.78 is 5.37. The van der Waals surface area contributed by atoms with Gasteiger partial charge in [0.25, 0.3) is 0 Å². The first-order chi connectivity index (χ1) is 11.3. The molecule has 0 amide bonds. The standard InChI is InChI=1S/C20H21NO2/c1-14(22)18-20(17-12-23-13-17)21(18)19(15-8-4-2-5-9-15)16-10-6-3-7-11-16/h2-11,17-20H,12-13H2,1H3/t18?,20-,21+/m0/s1. The lowest BCUT2D eigenvalue weighted by Gasteiger charge is -2.28. The van der Waals surface area contributed by atoms with Crippen LogP contribution in [0, 0.1) is 5.92 Å². The first-order valence-electron chi connectivity index (χ1n) is 8.23. The quantitative estimate of drug-likeness (QED) is 0.795. The molecular formula is C20H21NO2. The molecule has 3 atom stereocenters. The lowest BCUT2D eigenvalue weighted by Crippen LogP contribution is -2.35. The minimum absolute atomic E-state index is 0.0225. The van der Waals surface area contributed by atoms with Gasteiger partial charge in [-0.05, 0) is 18.1 Å². The van der Waals surface area contributed by atoms with Crippen LogP contribution in [0.4, 0.5) is 0 Å². The first kappa shape index (κ1) is 14.6. The third kappa shape index (κ3) is 2.60. The van der Waals surface area contributed by atoms with Gasteiger partial charge in [0.15, 0.2) is 0 Å². The number of rotatable bonds is 5. The highest BCUT2D eigenvalue weighted by Crippen LogP contribution is 2.47. The molecule has 2 fully saturated rings. The summed E-state index contributed by atoms with van der Waals surface area (Å²) in [6.07, 6.45) is 0. The highest BCUT2D eigenvalue weighted by Gasteiger charge is 2.59. The topological polar surface area (TPSA) is 29.3 Å². The molecule has 2 aliphatic heterocycles. The van der Waals surface area contributed by atoms with Crippen molar-refractivity contribution in [1.82, 2.24) is 4.90 Å². The highest BCUT2D eigenvalue weighted by molar-refractivity contribution is 5.85. The zero-order valence-corrected chi connectivity index (χ0v) is 13.3. The second-order valence-corrected chi connectivity index (χ2v) is 6.51. The third-order valence-electron chi connectivity index (χ3n) is 4.99. The lowest BCUT2D eigenvalue weighted by atomic mass is 9.97. The molecule has 0 bridgehead atoms. The van der Waals surface area contributed by atoms with Gasteiger partial charge in [-0.1, -0.05) is 60.7 Å². The Bertz CT molecular complexity index is 642. The third-order valence-corrected chi connectivity index (χ3v) is 4.99. The van der Waals surface area contributed by atoms with Gasteiger partial charge in [0.2, 0.25) is 0 Å². The predicted octanol–water partition coefficient (Wildman–Crippen LogP) is 3.06. The van der Waals surface area contributed by atoms with E-state index in [0.29, 0.717) is 12.0 Å². The minimum atomic E-state index is 0.0225. The summed E-state index contributed by atoms with van der Waals surface area (Å²) >= 11 is 0. The zero-order chi connectivity index (χ0) is 15.8. The predicted molar refractivity (Wildman–Crippen MR) is 89.1 cm³/mol. The number of nitrogens with zero attached hydrogens (tertiary/aromatic N) is 1. The molecule has 0 spiro atoms. The summed E-state index contributed by atoms with van der Waals surface area (Å²) in [6.45, 7) is 3.27. The monoisotopic (exact) mass is 307 g/mol. The molecule has 0 N–H and O–H groups in total. The number of carbonyl (C=O) groups is 1. The van der Waals surface area contributed by atoms with Gasteiger partial charge in [0.1, 0.15) is 5.78 Å². The molecule has 2 aliphatic rings. The molecule has 3 heteroatoms. The van der Waals surface area contributed by atoms with E-state index in [1.807, 2.05) is 12.1 Å². The van der Waals surface area contributed by atoms with Gasteiger partial charge in [-0.2, -0.15) is 0 Å². The molecule has 2 heterocycles. The van der Waals surface area contributed by atoms with Gasteiger partial charge in [-0.15, -0.1) is 0 Å². The molecule has 2 aromatic rings. The van der Waals surface area contributed by atoms with Crippen molar-refractivity contribution in [2.45, 2.75) is 25.0 Å². The van der Waals surface area contributed by atoms with Crippen LogP contribution in [0.15, 0.2) is 60.7 Å². The molecule has 0 aliphatic carbocycles. The maximum atomic E-state index is 12.2. The van der Waals surface area contributed by atoms with Crippen LogP contribution >= 0.6 is 0 Å². The van der Waals surface area contributed by atoms with E-state index in [1.165, 1.54) is 11.1 Å². The molecule has 2 saturated heterocycles. The number of hydrogen-bond acceptors (Lipinski definition) is 3. The molecule has 0 radical (unpaired) electrons. The van der Waals surface area contributed by atoms with Gasteiger partial charge < -0.3 is 4.74 Å². The molecule has 4 rings (SSSR count). The number of Topliss-reactive ketones (excluding diaryl/α,β-unsaturated/α-hetero) is 1. The second-order valence-electron chi connectivity index (χ2n) is 6.51. The van der Waals surface area contributed by atoms with Crippen LogP contribution in [-0.4, -0.2) is 36.0 Å². The van der Waals surface area contributed by atoms with E-state index in [-0.39, 0.29) is 17.9 Å². The number of hydrogen-bond donors (Lipinski definition) is 0. The second kappa shape index (κ2) is 5.91. The van der Waals surface area contributed by atoms with E-state index in [4.69, 9.17) is 4.74 Å². The van der Waals surface area contributed by atoms with Gasteiger partial charge in [0, 0.05) is 12.0 Å². The summed E-state index contributed by atoms with van der Waals surface area (Å²) in [6, 6.07) is 21.4. The fourth-order valence-corrected chi connectivity index (χ4v) is 3.81. The van der Waals surface area contributed by atoms with E-state index in [9.17, 15) is 4.79 Å². The van der Waals surface area contributed by atoms with Gasteiger partial charge in [0.05, 0.1) is 25.3 Å². The summed E-state index contributed by atoms with van der Waals surface area (Å²) in [4.78, 5) is 14.5. The maximum absolute atomic E-state index is 12.2. The van der Waals surface area contributed by atoms with E-state index in [2.05, 4.69) is 53.4 Å². The Kier molecular flexibility index (Phi) is 3.76. The van der Waals surface area contributed by atoms with Gasteiger partial charge in [-0.25, -0.2) is 0 Å². The SMILES string of the molecule is CC(=O)C1[C@H](C2COC2)[N@@]1C(c1ccccc1)c1ccccc1. The zero-order valence-electron chi connectivity index (χ0n) is 13.3. The minimum Gasteiger partial charge on any atom is -0.381 e. The molecule has 1 unspecified atom stereocenters. The summed E-state index contributed by atoms with van der Waals surface area (Å²) in [5.41, 5.74) is 2.49. The molecule has 2 aromatic carbocycles. The van der Waals surface area contributed by atoms with Crippen LogP contribution in [0.25, 0.3) is 0 Å². The molecule has 3 nitrogen and oxygen atoms in total. The first-order valence-corrected chi connectivity index (χ1v) is 8.23. The molecule has 0 aromatic heterocycles. The van der Waals surface area contributed by atoms with Crippen molar-refractivity contribution >= 4 is 5.78 Å².